The van der Waals surface area contributed by atoms with Gasteiger partial charge in [-0.3, -0.25) is 4.79 Å². The summed E-state index contributed by atoms with van der Waals surface area (Å²) in [6, 6.07) is 19.5. The van der Waals surface area contributed by atoms with Gasteiger partial charge < -0.3 is 9.97 Å². The predicted octanol–water partition coefficient (Wildman–Crippen LogP) is 11.3. The Morgan fingerprint density at radius 3 is 1.33 bits per heavy atom. The summed E-state index contributed by atoms with van der Waals surface area (Å²) >= 11 is 0. The molecule has 58 heavy (non-hydrogen) atoms. The number of carbonyl (C=O) groups excluding carboxylic acids is 1. The van der Waals surface area contributed by atoms with Crippen LogP contribution in [-0.4, -0.2) is 46.1 Å². The molecule has 0 atom stereocenters. The molecule has 2 aliphatic heterocycles. The second kappa shape index (κ2) is 14.3. The summed E-state index contributed by atoms with van der Waals surface area (Å²) in [5.74, 6) is -38.5. The van der Waals surface area contributed by atoms with E-state index in [1.54, 1.807) is 12.1 Å². The van der Waals surface area contributed by atoms with E-state index < -0.39 is 52.6 Å². The molecule has 7 rings (SSSR count). The minimum Gasteiger partial charge on any atom is -0.657 e. The molecule has 5 nitrogen and oxygen atoms in total. The van der Waals surface area contributed by atoms with E-state index in [1.807, 2.05) is 0 Å². The second-order valence-corrected chi connectivity index (χ2v) is 12.6. The van der Waals surface area contributed by atoms with Crippen molar-refractivity contribution in [2.45, 2.75) is 35.8 Å². The van der Waals surface area contributed by atoms with Crippen LogP contribution < -0.4 is 9.97 Å². The number of halogens is 13. The first-order chi connectivity index (χ1) is 26.7. The van der Waals surface area contributed by atoms with Gasteiger partial charge >= 0.3 is 52.9 Å². The largest absolute Gasteiger partial charge is 2.00 e. The number of alkyl halides is 13. The summed E-state index contributed by atoms with van der Waals surface area (Å²) in [6.07, 6.45) is -2.80. The van der Waals surface area contributed by atoms with Crippen LogP contribution in [0.1, 0.15) is 38.7 Å². The number of hydrogen-bond acceptors (Lipinski definition) is 3. The molecule has 19 heteroatoms. The van der Waals surface area contributed by atoms with Gasteiger partial charge in [-0.25, -0.2) is 9.97 Å². The van der Waals surface area contributed by atoms with Gasteiger partial charge in [-0.15, -0.1) is 22.1 Å². The predicted molar refractivity (Wildman–Crippen MR) is 183 cm³/mol. The van der Waals surface area contributed by atoms with Gasteiger partial charge in [0.2, 0.25) is 0 Å². The minimum atomic E-state index is -8.12. The number of rotatable bonds is 8. The number of carbonyl (C=O) groups is 1. The number of fused-ring (bicyclic) bond motifs is 8. The molecule has 2 aromatic carbocycles. The van der Waals surface area contributed by atoms with Crippen LogP contribution in [0.2, 0.25) is 0 Å². The van der Waals surface area contributed by atoms with Crippen LogP contribution in [0.3, 0.4) is 0 Å². The third-order valence-electron chi connectivity index (χ3n) is 9.14. The molecule has 0 spiro atoms. The maximum Gasteiger partial charge on any atom is 2.00 e. The summed E-state index contributed by atoms with van der Waals surface area (Å²) < 4.78 is 189. The smallest absolute Gasteiger partial charge is 0.657 e. The van der Waals surface area contributed by atoms with Gasteiger partial charge in [-0.2, -0.15) is 57.1 Å². The molecule has 0 aliphatic carbocycles. The monoisotopic (exact) mass is 869 g/mol. The van der Waals surface area contributed by atoms with E-state index in [-0.39, 0.29) is 78.5 Å². The van der Waals surface area contributed by atoms with E-state index in [0.29, 0.717) is 18.4 Å². The Bertz CT molecular complexity index is 2600. The quantitative estimate of drug-likeness (QED) is 0.0864. The molecule has 3 aromatic heterocycles. The van der Waals surface area contributed by atoms with Gasteiger partial charge in [0.05, 0.1) is 22.8 Å². The fourth-order valence-corrected chi connectivity index (χ4v) is 6.28. The van der Waals surface area contributed by atoms with Crippen molar-refractivity contribution in [2.75, 3.05) is 0 Å². The molecule has 0 amide bonds. The Labute approximate surface area is 327 Å². The zero-order chi connectivity index (χ0) is 41.3. The summed E-state index contributed by atoms with van der Waals surface area (Å²) in [7, 11) is 0. The summed E-state index contributed by atoms with van der Waals surface area (Å²) in [4.78, 5) is 29.4. The Morgan fingerprint density at radius 2 is 0.845 bits per heavy atom. The molecule has 0 fully saturated rings. The number of benzene rings is 2. The van der Waals surface area contributed by atoms with Gasteiger partial charge in [-0.05, 0) is 46.6 Å². The van der Waals surface area contributed by atoms with Crippen LogP contribution in [0.5, 0.6) is 0 Å². The topological polar surface area (TPSA) is 71.1 Å². The van der Waals surface area contributed by atoms with Crippen LogP contribution in [0.25, 0.3) is 68.6 Å². The van der Waals surface area contributed by atoms with Crippen molar-refractivity contribution in [3.05, 3.63) is 119 Å². The number of hydrogen-bond donors (Lipinski definition) is 0. The van der Waals surface area contributed by atoms with E-state index in [1.165, 1.54) is 72.8 Å². The standard InChI is InChI=1S/C39H20F13N4O.Cu/c40-34(41,35(42,43)36(44,45)37(46,47)38(48,49)39(50,51)52)33-29-17-15-27(55-29)31(20-7-3-1-4-8-20)25-13-11-23(53-25)22(19-57)24-12-14-26(54-24)32(21-9-5-2-6-10-21)28-16-18-30(33)56-28;/h1-19H,(H-,53,54,55,56,57);/q-1;+2/p-1. The second-order valence-electron chi connectivity index (χ2n) is 12.6. The Balaban J connectivity index is 0.00000567. The van der Waals surface area contributed by atoms with Crippen molar-refractivity contribution >= 4 is 52.7 Å². The van der Waals surface area contributed by atoms with Crippen LogP contribution in [0.4, 0.5) is 57.1 Å². The van der Waals surface area contributed by atoms with Gasteiger partial charge in [0.25, 0.3) is 0 Å². The minimum absolute atomic E-state index is 0. The van der Waals surface area contributed by atoms with Gasteiger partial charge in [0.1, 0.15) is 0 Å². The van der Waals surface area contributed by atoms with Crippen LogP contribution >= 0.6 is 0 Å². The first-order valence-corrected chi connectivity index (χ1v) is 16.2. The average Bonchev–Trinajstić information content (AvgIpc) is 3.99. The van der Waals surface area contributed by atoms with Crippen LogP contribution in [0, 0.1) is 0 Å². The summed E-state index contributed by atoms with van der Waals surface area (Å²) in [5, 5.41) is 0. The van der Waals surface area contributed by atoms with E-state index in [4.69, 9.17) is 0 Å². The number of nitrogens with zero attached hydrogens (tertiary/aromatic N) is 4. The molecule has 0 saturated carbocycles. The molecule has 0 saturated heterocycles. The van der Waals surface area contributed by atoms with E-state index >= 15 is 26.3 Å². The molecular formula is C39H19CuF13N4O. The van der Waals surface area contributed by atoms with Crippen molar-refractivity contribution in [1.29, 1.82) is 0 Å². The van der Waals surface area contributed by atoms with Gasteiger partial charge in [-0.1, -0.05) is 84.9 Å². The SMILES string of the molecule is O=Cc1c2nc(c(-c3ccccc3)c3ccc([n-]3)c(C(F)(F)C(F)(F)C(F)(F)C(F)(F)C(F)(F)C(F)(F)F)c3nc(c(-c4ccccc4)c4ccc1[n-]4)C=C3)C=C2.[Cu+2]. The molecule has 0 unspecified atom stereocenters. The van der Waals surface area contributed by atoms with Crippen molar-refractivity contribution in [2.24, 2.45) is 0 Å². The Kier molecular flexibility index (Phi) is 10.3. The normalized spacial score (nSPS) is 13.7. The average molecular weight is 870 g/mol. The molecule has 303 valence electrons. The van der Waals surface area contributed by atoms with Crippen LogP contribution in [-0.2, 0) is 23.0 Å². The Morgan fingerprint density at radius 1 is 0.448 bits per heavy atom. The van der Waals surface area contributed by atoms with Gasteiger partial charge in [0.15, 0.2) is 6.29 Å². The summed E-state index contributed by atoms with van der Waals surface area (Å²) in [5.41, 5.74) is -5.13. The van der Waals surface area contributed by atoms with E-state index in [0.717, 1.165) is 12.1 Å². The zero-order valence-electron chi connectivity index (χ0n) is 28.4. The molecule has 1 radical (unpaired) electrons. The van der Waals surface area contributed by atoms with Crippen molar-refractivity contribution in [1.82, 2.24) is 19.9 Å². The van der Waals surface area contributed by atoms with Crippen molar-refractivity contribution in [3.8, 4) is 22.3 Å². The molecule has 5 aromatic rings. The third kappa shape index (κ3) is 6.31. The maximum atomic E-state index is 16.4. The van der Waals surface area contributed by atoms with Crippen molar-refractivity contribution in [3.63, 3.8) is 0 Å². The molecule has 5 heterocycles. The van der Waals surface area contributed by atoms with E-state index in [9.17, 15) is 35.5 Å². The molecular weight excluding hydrogens is 851 g/mol. The number of aromatic nitrogens is 4. The van der Waals surface area contributed by atoms with Gasteiger partial charge in [0, 0.05) is 11.1 Å². The van der Waals surface area contributed by atoms with E-state index in [2.05, 4.69) is 19.9 Å². The first-order valence-electron chi connectivity index (χ1n) is 16.2. The summed E-state index contributed by atoms with van der Waals surface area (Å²) in [6.45, 7) is 0. The fraction of sp³-hybridized carbons (Fsp3) is 0.154. The molecule has 8 bridgehead atoms. The maximum absolute atomic E-state index is 16.4. The first kappa shape index (κ1) is 41.9. The van der Waals surface area contributed by atoms with Crippen LogP contribution in [0.15, 0.2) is 84.9 Å². The Hall–Kier alpha value is -5.68. The number of aldehydes is 1. The third-order valence-corrected chi connectivity index (χ3v) is 9.14. The zero-order valence-corrected chi connectivity index (χ0v) is 29.3. The fourth-order valence-electron chi connectivity index (χ4n) is 6.28. The molecule has 2 aliphatic rings. The molecule has 0 N–H and O–H groups in total. The van der Waals surface area contributed by atoms with Crippen molar-refractivity contribution < 1.29 is 78.9 Å².